The standard InChI is InChI=1S/C8H5Cl2N3/c9-6-1-4-2-7(11)12-3-5(4)8(10)13-6/h1-3H,(H2,11,12). The highest BCUT2D eigenvalue weighted by Gasteiger charge is 2.03. The molecule has 13 heavy (non-hydrogen) atoms. The second-order valence-electron chi connectivity index (χ2n) is 2.57. The summed E-state index contributed by atoms with van der Waals surface area (Å²) < 4.78 is 0. The fourth-order valence-electron chi connectivity index (χ4n) is 1.09. The summed E-state index contributed by atoms with van der Waals surface area (Å²) in [7, 11) is 0. The third kappa shape index (κ3) is 1.53. The van der Waals surface area contributed by atoms with Crippen LogP contribution in [-0.4, -0.2) is 9.97 Å². The molecule has 0 aliphatic heterocycles. The van der Waals surface area contributed by atoms with Gasteiger partial charge in [0.15, 0.2) is 0 Å². The van der Waals surface area contributed by atoms with Crippen LogP contribution < -0.4 is 5.73 Å². The SMILES string of the molecule is Nc1cc2cc(Cl)nc(Cl)c2cn1. The molecule has 2 aromatic rings. The number of pyridine rings is 2. The summed E-state index contributed by atoms with van der Waals surface area (Å²) in [4.78, 5) is 7.79. The molecule has 0 fully saturated rings. The Morgan fingerprint density at radius 2 is 2.00 bits per heavy atom. The number of hydrogen-bond donors (Lipinski definition) is 1. The fraction of sp³-hybridized carbons (Fsp3) is 0. The maximum atomic E-state index is 5.84. The summed E-state index contributed by atoms with van der Waals surface area (Å²) >= 11 is 11.6. The minimum atomic E-state index is 0.343. The van der Waals surface area contributed by atoms with E-state index in [9.17, 15) is 0 Å². The number of nitrogens with two attached hydrogens (primary N) is 1. The second kappa shape index (κ2) is 3.01. The minimum Gasteiger partial charge on any atom is -0.384 e. The molecule has 0 atom stereocenters. The van der Waals surface area contributed by atoms with Crippen LogP contribution in [0.1, 0.15) is 0 Å². The Balaban J connectivity index is 2.86. The molecule has 2 aromatic heterocycles. The first-order valence-corrected chi connectivity index (χ1v) is 4.29. The summed E-state index contributed by atoms with van der Waals surface area (Å²) in [5.74, 6) is 0.436. The van der Waals surface area contributed by atoms with Gasteiger partial charge in [0.1, 0.15) is 16.1 Å². The number of nitrogens with zero attached hydrogens (tertiary/aromatic N) is 2. The van der Waals surface area contributed by atoms with Crippen molar-refractivity contribution in [2.45, 2.75) is 0 Å². The molecule has 0 saturated heterocycles. The zero-order chi connectivity index (χ0) is 9.42. The van der Waals surface area contributed by atoms with Crippen molar-refractivity contribution in [2.75, 3.05) is 5.73 Å². The average Bonchev–Trinajstić information content (AvgIpc) is 2.02. The number of aromatic nitrogens is 2. The van der Waals surface area contributed by atoms with E-state index in [4.69, 9.17) is 28.9 Å². The number of nitrogen functional groups attached to an aromatic ring is 1. The molecule has 5 heteroatoms. The zero-order valence-corrected chi connectivity index (χ0v) is 7.97. The molecule has 0 saturated carbocycles. The van der Waals surface area contributed by atoms with E-state index in [1.807, 2.05) is 0 Å². The Hall–Kier alpha value is -1.06. The molecule has 0 unspecified atom stereocenters. The lowest BCUT2D eigenvalue weighted by molar-refractivity contribution is 1.32. The van der Waals surface area contributed by atoms with E-state index in [1.54, 1.807) is 18.3 Å². The van der Waals surface area contributed by atoms with E-state index in [2.05, 4.69) is 9.97 Å². The number of fused-ring (bicyclic) bond motifs is 1. The summed E-state index contributed by atoms with van der Waals surface area (Å²) in [6, 6.07) is 3.40. The normalized spacial score (nSPS) is 10.6. The van der Waals surface area contributed by atoms with E-state index < -0.39 is 0 Å². The molecule has 0 aliphatic rings. The summed E-state index contributed by atoms with van der Waals surface area (Å²) in [6.07, 6.45) is 1.58. The second-order valence-corrected chi connectivity index (χ2v) is 3.31. The largest absolute Gasteiger partial charge is 0.384 e. The van der Waals surface area contributed by atoms with Crippen LogP contribution in [0.25, 0.3) is 10.8 Å². The Labute approximate surface area is 84.5 Å². The summed E-state index contributed by atoms with van der Waals surface area (Å²) in [5.41, 5.74) is 5.51. The van der Waals surface area contributed by atoms with Gasteiger partial charge in [0, 0.05) is 11.6 Å². The first-order valence-electron chi connectivity index (χ1n) is 3.54. The summed E-state index contributed by atoms with van der Waals surface area (Å²) in [6.45, 7) is 0. The van der Waals surface area contributed by atoms with Crippen molar-refractivity contribution >= 4 is 39.8 Å². The van der Waals surface area contributed by atoms with Gasteiger partial charge in [-0.05, 0) is 17.5 Å². The van der Waals surface area contributed by atoms with Crippen LogP contribution in [0.5, 0.6) is 0 Å². The van der Waals surface area contributed by atoms with Gasteiger partial charge >= 0.3 is 0 Å². The summed E-state index contributed by atoms with van der Waals surface area (Å²) in [5, 5.41) is 2.29. The van der Waals surface area contributed by atoms with Crippen molar-refractivity contribution in [3.05, 3.63) is 28.6 Å². The smallest absolute Gasteiger partial charge is 0.140 e. The van der Waals surface area contributed by atoms with Gasteiger partial charge in [0.25, 0.3) is 0 Å². The van der Waals surface area contributed by atoms with E-state index in [1.165, 1.54) is 0 Å². The van der Waals surface area contributed by atoms with Crippen LogP contribution in [0.3, 0.4) is 0 Å². The zero-order valence-electron chi connectivity index (χ0n) is 6.46. The predicted molar refractivity (Wildman–Crippen MR) is 54.0 cm³/mol. The van der Waals surface area contributed by atoms with Crippen LogP contribution in [0, 0.1) is 0 Å². The molecule has 0 aliphatic carbocycles. The highest BCUT2D eigenvalue weighted by Crippen LogP contribution is 2.24. The third-order valence-corrected chi connectivity index (χ3v) is 2.14. The van der Waals surface area contributed by atoms with Gasteiger partial charge in [0.05, 0.1) is 0 Å². The van der Waals surface area contributed by atoms with Crippen molar-refractivity contribution < 1.29 is 0 Å². The van der Waals surface area contributed by atoms with Crippen molar-refractivity contribution in [3.8, 4) is 0 Å². The van der Waals surface area contributed by atoms with Gasteiger partial charge in [-0.3, -0.25) is 0 Å². The maximum absolute atomic E-state index is 5.84. The number of hydrogen-bond acceptors (Lipinski definition) is 3. The molecule has 0 bridgehead atoms. The highest BCUT2D eigenvalue weighted by atomic mass is 35.5. The van der Waals surface area contributed by atoms with E-state index in [-0.39, 0.29) is 0 Å². The maximum Gasteiger partial charge on any atom is 0.140 e. The molecule has 2 heterocycles. The molecule has 0 aromatic carbocycles. The van der Waals surface area contributed by atoms with Gasteiger partial charge in [-0.15, -0.1) is 0 Å². The predicted octanol–water partition coefficient (Wildman–Crippen LogP) is 2.52. The van der Waals surface area contributed by atoms with Gasteiger partial charge in [-0.2, -0.15) is 0 Å². The quantitative estimate of drug-likeness (QED) is 0.685. The van der Waals surface area contributed by atoms with Crippen molar-refractivity contribution in [3.63, 3.8) is 0 Å². The molecular formula is C8H5Cl2N3. The highest BCUT2D eigenvalue weighted by molar-refractivity contribution is 6.36. The lowest BCUT2D eigenvalue weighted by Crippen LogP contribution is -1.90. The van der Waals surface area contributed by atoms with Gasteiger partial charge in [-0.1, -0.05) is 23.2 Å². The number of anilines is 1. The lowest BCUT2D eigenvalue weighted by Gasteiger charge is -2.00. The monoisotopic (exact) mass is 213 g/mol. The van der Waals surface area contributed by atoms with Crippen LogP contribution in [0.15, 0.2) is 18.3 Å². The Morgan fingerprint density at radius 3 is 2.77 bits per heavy atom. The molecule has 3 nitrogen and oxygen atoms in total. The van der Waals surface area contributed by atoms with Crippen LogP contribution in [0.2, 0.25) is 10.3 Å². The molecule has 2 N–H and O–H groups in total. The molecule has 0 amide bonds. The van der Waals surface area contributed by atoms with Crippen molar-refractivity contribution in [1.82, 2.24) is 9.97 Å². The average molecular weight is 214 g/mol. The molecule has 66 valence electrons. The topological polar surface area (TPSA) is 51.8 Å². The Morgan fingerprint density at radius 1 is 1.23 bits per heavy atom. The van der Waals surface area contributed by atoms with E-state index >= 15 is 0 Å². The molecule has 0 spiro atoms. The molecule has 0 radical (unpaired) electrons. The lowest BCUT2D eigenvalue weighted by atomic mass is 10.2. The van der Waals surface area contributed by atoms with Crippen molar-refractivity contribution in [2.24, 2.45) is 0 Å². The van der Waals surface area contributed by atoms with Crippen molar-refractivity contribution in [1.29, 1.82) is 0 Å². The fourth-order valence-corrected chi connectivity index (χ4v) is 1.59. The van der Waals surface area contributed by atoms with Crippen LogP contribution in [-0.2, 0) is 0 Å². The Kier molecular flexibility index (Phi) is 1.98. The first kappa shape index (κ1) is 8.53. The first-order chi connectivity index (χ1) is 6.16. The third-order valence-electron chi connectivity index (χ3n) is 1.66. The van der Waals surface area contributed by atoms with Gasteiger partial charge < -0.3 is 5.73 Å². The molecular weight excluding hydrogens is 209 g/mol. The molecule has 2 rings (SSSR count). The number of halogens is 2. The van der Waals surface area contributed by atoms with Gasteiger partial charge in [-0.25, -0.2) is 9.97 Å². The van der Waals surface area contributed by atoms with Gasteiger partial charge in [0.2, 0.25) is 0 Å². The minimum absolute atomic E-state index is 0.343. The number of rotatable bonds is 0. The Bertz CT molecular complexity index is 465. The van der Waals surface area contributed by atoms with E-state index in [0.29, 0.717) is 16.1 Å². The van der Waals surface area contributed by atoms with Crippen LogP contribution in [0.4, 0.5) is 5.82 Å². The van der Waals surface area contributed by atoms with E-state index in [0.717, 1.165) is 10.8 Å². The van der Waals surface area contributed by atoms with Crippen LogP contribution >= 0.6 is 23.2 Å².